The molecule has 8 nitrogen and oxygen atoms in total. The number of aryl methyl sites for hydroxylation is 1. The molecule has 0 bridgehead atoms. The minimum atomic E-state index is -4.65. The van der Waals surface area contributed by atoms with E-state index in [9.17, 15) is 36.3 Å². The van der Waals surface area contributed by atoms with E-state index in [-0.39, 0.29) is 53.8 Å². The largest absolute Gasteiger partial charge is 0.433 e. The number of amides is 2. The Bertz CT molecular complexity index is 1430. The molecule has 0 radical (unpaired) electrons. The van der Waals surface area contributed by atoms with Crippen LogP contribution < -0.4 is 10.9 Å². The first kappa shape index (κ1) is 27.9. The molecule has 39 heavy (non-hydrogen) atoms. The molecule has 2 N–H and O–H groups in total. The summed E-state index contributed by atoms with van der Waals surface area (Å²) in [5.41, 5.74) is -2.03. The fourth-order valence-corrected chi connectivity index (χ4v) is 4.50. The number of hydrogen-bond donors (Lipinski definition) is 2. The van der Waals surface area contributed by atoms with Gasteiger partial charge in [-0.15, -0.1) is 0 Å². The highest BCUT2D eigenvalue weighted by molar-refractivity contribution is 5.95. The number of halogens is 5. The maximum atomic E-state index is 14.0. The zero-order chi connectivity index (χ0) is 28.3. The van der Waals surface area contributed by atoms with E-state index in [4.69, 9.17) is 0 Å². The maximum Gasteiger partial charge on any atom is 0.433 e. The van der Waals surface area contributed by atoms with Crippen LogP contribution in [0.4, 0.5) is 22.0 Å². The molecule has 0 saturated carbocycles. The fraction of sp³-hybridized carbons (Fsp3) is 0.346. The second-order valence-corrected chi connectivity index (χ2v) is 9.17. The monoisotopic (exact) mass is 549 g/mol. The van der Waals surface area contributed by atoms with Gasteiger partial charge in [0.15, 0.2) is 0 Å². The van der Waals surface area contributed by atoms with E-state index in [1.807, 2.05) is 0 Å². The summed E-state index contributed by atoms with van der Waals surface area (Å²) >= 11 is 0. The second-order valence-electron chi connectivity index (χ2n) is 9.17. The van der Waals surface area contributed by atoms with Crippen molar-refractivity contribution in [2.45, 2.75) is 44.8 Å². The van der Waals surface area contributed by atoms with Crippen LogP contribution in [-0.2, 0) is 23.9 Å². The van der Waals surface area contributed by atoms with Gasteiger partial charge in [0.05, 0.1) is 12.1 Å². The summed E-state index contributed by atoms with van der Waals surface area (Å²) in [5.74, 6) is -2.99. The van der Waals surface area contributed by atoms with E-state index < -0.39 is 47.3 Å². The fourth-order valence-electron chi connectivity index (χ4n) is 4.50. The summed E-state index contributed by atoms with van der Waals surface area (Å²) in [5, 5.41) is 2.47. The highest BCUT2D eigenvalue weighted by Crippen LogP contribution is 2.29. The molecule has 0 spiro atoms. The minimum Gasteiger partial charge on any atom is -0.348 e. The maximum absolute atomic E-state index is 14.0. The van der Waals surface area contributed by atoms with Gasteiger partial charge in [-0.25, -0.2) is 13.8 Å². The Morgan fingerprint density at radius 2 is 1.79 bits per heavy atom. The van der Waals surface area contributed by atoms with E-state index in [1.54, 1.807) is 6.92 Å². The van der Waals surface area contributed by atoms with Crippen LogP contribution >= 0.6 is 0 Å². The number of rotatable bonds is 6. The lowest BCUT2D eigenvalue weighted by Gasteiger charge is -2.32. The molecule has 0 aliphatic carbocycles. The van der Waals surface area contributed by atoms with Crippen LogP contribution in [0.2, 0.25) is 0 Å². The first-order chi connectivity index (χ1) is 18.4. The Labute approximate surface area is 219 Å². The highest BCUT2D eigenvalue weighted by atomic mass is 19.4. The zero-order valence-corrected chi connectivity index (χ0v) is 20.7. The number of alkyl halides is 3. The number of hydrogen-bond acceptors (Lipinski definition) is 5. The normalized spacial score (nSPS) is 14.4. The molecule has 3 heterocycles. The number of nitrogens with zero attached hydrogens (tertiary/aromatic N) is 3. The highest BCUT2D eigenvalue weighted by Gasteiger charge is 2.33. The van der Waals surface area contributed by atoms with E-state index >= 15 is 0 Å². The first-order valence-electron chi connectivity index (χ1n) is 12.1. The van der Waals surface area contributed by atoms with Crippen molar-refractivity contribution in [3.63, 3.8) is 0 Å². The van der Waals surface area contributed by atoms with Crippen molar-refractivity contribution in [2.24, 2.45) is 0 Å². The van der Waals surface area contributed by atoms with Crippen LogP contribution in [0.25, 0.3) is 0 Å². The van der Waals surface area contributed by atoms with Crippen molar-refractivity contribution in [1.82, 2.24) is 25.2 Å². The Kier molecular flexibility index (Phi) is 8.07. The Hall–Kier alpha value is -4.16. The molecule has 2 aromatic heterocycles. The molecular formula is C26H24F5N5O3. The minimum absolute atomic E-state index is 0.141. The number of carbonyl (C=O) groups excluding carboxylic acids is 2. The summed E-state index contributed by atoms with van der Waals surface area (Å²) in [7, 11) is 0. The van der Waals surface area contributed by atoms with Crippen molar-refractivity contribution >= 4 is 11.8 Å². The van der Waals surface area contributed by atoms with Crippen LogP contribution in [0, 0.1) is 18.6 Å². The Balaban J connectivity index is 1.46. The van der Waals surface area contributed by atoms with Gasteiger partial charge in [-0.2, -0.15) is 13.2 Å². The smallest absolute Gasteiger partial charge is 0.348 e. The molecule has 13 heteroatoms. The number of carbonyl (C=O) groups is 2. The third-order valence-corrected chi connectivity index (χ3v) is 6.48. The number of benzene rings is 1. The molecule has 1 aromatic carbocycles. The summed E-state index contributed by atoms with van der Waals surface area (Å²) in [4.78, 5) is 50.0. The quantitative estimate of drug-likeness (QED) is 0.457. The zero-order valence-electron chi connectivity index (χ0n) is 20.7. The molecule has 1 aliphatic heterocycles. The lowest BCUT2D eigenvalue weighted by atomic mass is 9.90. The van der Waals surface area contributed by atoms with Gasteiger partial charge in [-0.05, 0) is 49.6 Å². The number of aromatic amines is 1. The topological polar surface area (TPSA) is 108 Å². The van der Waals surface area contributed by atoms with Gasteiger partial charge < -0.3 is 15.2 Å². The van der Waals surface area contributed by atoms with Crippen LogP contribution in [0.5, 0.6) is 0 Å². The van der Waals surface area contributed by atoms with Gasteiger partial charge in [-0.3, -0.25) is 19.4 Å². The van der Waals surface area contributed by atoms with Gasteiger partial charge in [-0.1, -0.05) is 6.07 Å². The molecule has 0 unspecified atom stereocenters. The molecule has 2 amide bonds. The van der Waals surface area contributed by atoms with E-state index in [1.165, 1.54) is 17.0 Å². The Morgan fingerprint density at radius 1 is 1.13 bits per heavy atom. The lowest BCUT2D eigenvalue weighted by Crippen LogP contribution is -2.40. The van der Waals surface area contributed by atoms with Gasteiger partial charge in [0.1, 0.15) is 28.7 Å². The molecule has 1 fully saturated rings. The molecule has 206 valence electrons. The SMILES string of the molecule is Cc1nc(C2CCN(C(=O)Cc3c(F)cccc3F)CC2)c(C(=O)NCc2ccnc(C(F)(F)F)c2)c(=O)[nH]1. The summed E-state index contributed by atoms with van der Waals surface area (Å²) < 4.78 is 66.7. The number of aromatic nitrogens is 3. The number of nitrogens with one attached hydrogen (secondary N) is 2. The van der Waals surface area contributed by atoms with Crippen molar-refractivity contribution in [2.75, 3.05) is 13.1 Å². The molecule has 0 atom stereocenters. The second kappa shape index (κ2) is 11.3. The van der Waals surface area contributed by atoms with Gasteiger partial charge >= 0.3 is 6.18 Å². The van der Waals surface area contributed by atoms with Crippen molar-refractivity contribution < 1.29 is 31.5 Å². The van der Waals surface area contributed by atoms with Crippen molar-refractivity contribution in [3.05, 3.63) is 92.4 Å². The lowest BCUT2D eigenvalue weighted by molar-refractivity contribution is -0.141. The average molecular weight is 550 g/mol. The number of pyridine rings is 1. The molecule has 1 saturated heterocycles. The predicted molar refractivity (Wildman–Crippen MR) is 129 cm³/mol. The van der Waals surface area contributed by atoms with Crippen LogP contribution in [-0.4, -0.2) is 44.8 Å². The summed E-state index contributed by atoms with van der Waals surface area (Å²) in [6.07, 6.45) is -3.44. The third-order valence-electron chi connectivity index (χ3n) is 6.48. The number of piperidine rings is 1. The van der Waals surface area contributed by atoms with Gasteiger partial charge in [0, 0.05) is 37.3 Å². The first-order valence-corrected chi connectivity index (χ1v) is 12.1. The van der Waals surface area contributed by atoms with Crippen molar-refractivity contribution in [1.29, 1.82) is 0 Å². The van der Waals surface area contributed by atoms with E-state index in [0.29, 0.717) is 12.8 Å². The van der Waals surface area contributed by atoms with Gasteiger partial charge in [0.25, 0.3) is 11.5 Å². The Morgan fingerprint density at radius 3 is 2.44 bits per heavy atom. The van der Waals surface area contributed by atoms with Crippen LogP contribution in [0.3, 0.4) is 0 Å². The summed E-state index contributed by atoms with van der Waals surface area (Å²) in [6.45, 7) is 1.69. The molecule has 4 rings (SSSR count). The van der Waals surface area contributed by atoms with Crippen LogP contribution in [0.1, 0.15) is 57.5 Å². The average Bonchev–Trinajstić information content (AvgIpc) is 2.88. The van der Waals surface area contributed by atoms with Crippen molar-refractivity contribution in [3.8, 4) is 0 Å². The van der Waals surface area contributed by atoms with E-state index in [0.717, 1.165) is 24.4 Å². The van der Waals surface area contributed by atoms with E-state index in [2.05, 4.69) is 20.3 Å². The summed E-state index contributed by atoms with van der Waals surface area (Å²) in [6, 6.07) is 5.49. The molecular weight excluding hydrogens is 525 g/mol. The van der Waals surface area contributed by atoms with Gasteiger partial charge in [0.2, 0.25) is 5.91 Å². The number of likely N-dealkylation sites (tertiary alicyclic amines) is 1. The number of H-pyrrole nitrogens is 1. The molecule has 3 aromatic rings. The molecule has 1 aliphatic rings. The standard InChI is InChI=1S/C26H24F5N5O3/c1-14-34-23(16-6-9-36(10-7-16)21(37)12-17-18(27)3-2-4-19(17)28)22(25(39)35-14)24(38)33-13-15-5-8-32-20(11-15)26(29,30)31/h2-5,8,11,16H,6-7,9-10,12-13H2,1H3,(H,33,38)(H,34,35,39). The van der Waals surface area contributed by atoms with Crippen LogP contribution in [0.15, 0.2) is 41.3 Å². The third kappa shape index (κ3) is 6.47. The predicted octanol–water partition coefficient (Wildman–Crippen LogP) is 3.65.